The summed E-state index contributed by atoms with van der Waals surface area (Å²) in [4.78, 5) is 51.9. The number of nitrogens with one attached hydrogen (secondary N) is 2. The average Bonchev–Trinajstić information content (AvgIpc) is 3.75. The van der Waals surface area contributed by atoms with Crippen molar-refractivity contribution in [1.29, 1.82) is 0 Å². The van der Waals surface area contributed by atoms with Crippen molar-refractivity contribution in [3.8, 4) is 11.4 Å². The summed E-state index contributed by atoms with van der Waals surface area (Å²) in [5, 5.41) is 9.56. The number of morpholine rings is 1. The van der Waals surface area contributed by atoms with Crippen molar-refractivity contribution in [2.45, 2.75) is 43.9 Å². The normalized spacial score (nSPS) is 18.4. The molecule has 3 aliphatic rings. The maximum absolute atomic E-state index is 14.3. The van der Waals surface area contributed by atoms with E-state index in [1.807, 2.05) is 15.9 Å². The first-order valence-corrected chi connectivity index (χ1v) is 16.1. The summed E-state index contributed by atoms with van der Waals surface area (Å²) in [5.74, 6) is -0.465. The molecule has 2 aliphatic heterocycles. The number of pyridine rings is 1. The number of halogens is 3. The Bertz CT molecular complexity index is 1730. The van der Waals surface area contributed by atoms with Crippen molar-refractivity contribution in [3.63, 3.8) is 0 Å². The lowest BCUT2D eigenvalue weighted by Crippen LogP contribution is -2.61. The third-order valence-electron chi connectivity index (χ3n) is 9.16. The average molecular weight is 686 g/mol. The highest BCUT2D eigenvalue weighted by Crippen LogP contribution is 2.38. The van der Waals surface area contributed by atoms with E-state index in [0.717, 1.165) is 37.8 Å². The van der Waals surface area contributed by atoms with Crippen molar-refractivity contribution in [1.82, 2.24) is 34.7 Å². The van der Waals surface area contributed by atoms with Crippen LogP contribution in [0.4, 0.5) is 29.6 Å². The van der Waals surface area contributed by atoms with E-state index in [0.29, 0.717) is 83.2 Å². The number of aromatic nitrogens is 4. The minimum atomic E-state index is -4.80. The van der Waals surface area contributed by atoms with Crippen LogP contribution in [0.25, 0.3) is 16.9 Å². The number of piperazine rings is 1. The Balaban J connectivity index is 1.25. The van der Waals surface area contributed by atoms with Crippen LogP contribution in [-0.2, 0) is 31.8 Å². The van der Waals surface area contributed by atoms with Crippen molar-refractivity contribution in [3.05, 3.63) is 48.3 Å². The van der Waals surface area contributed by atoms with E-state index in [1.165, 1.54) is 10.6 Å². The summed E-state index contributed by atoms with van der Waals surface area (Å²) in [7, 11) is 1.09. The molecule has 0 unspecified atom stereocenters. The number of carbonyl (C=O) groups is 3. The number of ether oxygens (including phenoxy) is 2. The van der Waals surface area contributed by atoms with Crippen LogP contribution in [-0.4, -0.2) is 112 Å². The van der Waals surface area contributed by atoms with Gasteiger partial charge in [0.25, 0.3) is 0 Å². The lowest BCUT2D eigenvalue weighted by molar-refractivity contribution is -0.142. The molecule has 14 nitrogen and oxygen atoms in total. The fourth-order valence-corrected chi connectivity index (χ4v) is 6.67. The van der Waals surface area contributed by atoms with Crippen LogP contribution in [0.2, 0.25) is 0 Å². The fourth-order valence-electron chi connectivity index (χ4n) is 6.67. The number of nitrogens with zero attached hydrogens (tertiary/aromatic N) is 7. The third-order valence-corrected chi connectivity index (χ3v) is 9.16. The predicted octanol–water partition coefficient (Wildman–Crippen LogP) is 3.08. The van der Waals surface area contributed by atoms with Crippen molar-refractivity contribution in [2.24, 2.45) is 0 Å². The van der Waals surface area contributed by atoms with E-state index in [2.05, 4.69) is 41.9 Å². The molecule has 0 aromatic carbocycles. The molecule has 0 atom stereocenters. The highest BCUT2D eigenvalue weighted by molar-refractivity contribution is 5.95. The Morgan fingerprint density at radius 3 is 2.45 bits per heavy atom. The SMILES string of the molecule is C=CC(=O)NC1(C(=O)N2CCN(Cc3cc4c(N5CCOCC5)nc(-c5cnc(NC(=O)OC)cc5C(F)(F)F)nn4c3)CC2)CCCC1. The maximum atomic E-state index is 14.3. The number of rotatable bonds is 8. The van der Waals surface area contributed by atoms with E-state index in [4.69, 9.17) is 4.74 Å². The fraction of sp³-hybridized carbons (Fsp3) is 0.500. The first kappa shape index (κ1) is 34.1. The molecule has 0 spiro atoms. The number of hydrogen-bond donors (Lipinski definition) is 2. The van der Waals surface area contributed by atoms with Gasteiger partial charge in [0, 0.05) is 58.2 Å². The Kier molecular flexibility index (Phi) is 9.74. The molecule has 262 valence electrons. The Labute approximate surface area is 280 Å². The van der Waals surface area contributed by atoms with E-state index < -0.39 is 23.4 Å². The number of anilines is 2. The molecule has 2 N–H and O–H groups in total. The highest BCUT2D eigenvalue weighted by Gasteiger charge is 2.45. The summed E-state index contributed by atoms with van der Waals surface area (Å²) in [6, 6.07) is 2.65. The van der Waals surface area contributed by atoms with Crippen LogP contribution >= 0.6 is 0 Å². The van der Waals surface area contributed by atoms with Gasteiger partial charge in [0.1, 0.15) is 16.9 Å². The van der Waals surface area contributed by atoms with Gasteiger partial charge in [-0.2, -0.15) is 13.2 Å². The number of hydrogen-bond acceptors (Lipinski definition) is 10. The van der Waals surface area contributed by atoms with E-state index in [9.17, 15) is 27.6 Å². The maximum Gasteiger partial charge on any atom is 0.417 e. The second-order valence-corrected chi connectivity index (χ2v) is 12.3. The molecule has 17 heteroatoms. The largest absolute Gasteiger partial charge is 0.453 e. The molecular formula is C32H38F3N9O5. The molecule has 49 heavy (non-hydrogen) atoms. The smallest absolute Gasteiger partial charge is 0.417 e. The number of alkyl halides is 3. The van der Waals surface area contributed by atoms with Crippen LogP contribution in [0.5, 0.6) is 0 Å². The summed E-state index contributed by atoms with van der Waals surface area (Å²) < 4.78 is 54.5. The van der Waals surface area contributed by atoms with Gasteiger partial charge < -0.3 is 24.6 Å². The Hall–Kier alpha value is -4.77. The molecule has 2 saturated heterocycles. The standard InChI is InChI=1S/C32H38F3N9O5/c1-3-26(45)39-31(6-4-5-7-31)29(46)43-10-8-41(9-11-43)19-21-16-24-28(42-12-14-49-15-13-42)38-27(40-44(24)20-21)22-18-36-25(37-30(47)48-2)17-23(22)32(33,34)35/h3,16-18,20H,1,4-15,19H2,2H3,(H,39,45)(H,36,37,47). The van der Waals surface area contributed by atoms with E-state index in [1.54, 1.807) is 6.20 Å². The zero-order valence-electron chi connectivity index (χ0n) is 27.1. The summed E-state index contributed by atoms with van der Waals surface area (Å²) in [6.07, 6.45) is 1.14. The molecule has 5 heterocycles. The second kappa shape index (κ2) is 14.0. The monoisotopic (exact) mass is 685 g/mol. The molecule has 3 aromatic rings. The topological polar surface area (TPSA) is 147 Å². The molecule has 3 fully saturated rings. The van der Waals surface area contributed by atoms with Crippen LogP contribution < -0.4 is 15.5 Å². The molecule has 3 aromatic heterocycles. The van der Waals surface area contributed by atoms with Crippen LogP contribution in [0.15, 0.2) is 37.2 Å². The van der Waals surface area contributed by atoms with Gasteiger partial charge in [-0.15, -0.1) is 5.10 Å². The van der Waals surface area contributed by atoms with Gasteiger partial charge in [0.2, 0.25) is 11.8 Å². The van der Waals surface area contributed by atoms with Crippen molar-refractivity contribution in [2.75, 3.05) is 69.8 Å². The van der Waals surface area contributed by atoms with Gasteiger partial charge in [0.05, 0.1) is 31.5 Å². The van der Waals surface area contributed by atoms with Crippen molar-refractivity contribution >= 4 is 35.1 Å². The molecule has 0 bridgehead atoms. The zero-order valence-corrected chi connectivity index (χ0v) is 27.1. The lowest BCUT2D eigenvalue weighted by Gasteiger charge is -2.40. The molecule has 3 amide bonds. The van der Waals surface area contributed by atoms with Crippen LogP contribution in [0.3, 0.4) is 0 Å². The first-order valence-electron chi connectivity index (χ1n) is 16.1. The van der Waals surface area contributed by atoms with Crippen molar-refractivity contribution < 1.29 is 37.0 Å². The summed E-state index contributed by atoms with van der Waals surface area (Å²) >= 11 is 0. The third kappa shape index (κ3) is 7.32. The van der Waals surface area contributed by atoms with Gasteiger partial charge >= 0.3 is 12.3 Å². The molecule has 1 aliphatic carbocycles. The number of amides is 3. The minimum absolute atomic E-state index is 0.0609. The van der Waals surface area contributed by atoms with Gasteiger partial charge in [-0.05, 0) is 36.6 Å². The van der Waals surface area contributed by atoms with Crippen LogP contribution in [0.1, 0.15) is 36.8 Å². The molecule has 6 rings (SSSR count). The summed E-state index contributed by atoms with van der Waals surface area (Å²) in [5.41, 5.74) is -0.803. The summed E-state index contributed by atoms with van der Waals surface area (Å²) in [6.45, 7) is 8.08. The number of fused-ring (bicyclic) bond motifs is 1. The van der Waals surface area contributed by atoms with Gasteiger partial charge in [-0.3, -0.25) is 19.8 Å². The minimum Gasteiger partial charge on any atom is -0.453 e. The zero-order chi connectivity index (χ0) is 34.8. The Morgan fingerprint density at radius 1 is 1.08 bits per heavy atom. The first-order chi connectivity index (χ1) is 23.5. The van der Waals surface area contributed by atoms with Gasteiger partial charge in [-0.1, -0.05) is 19.4 Å². The predicted molar refractivity (Wildman–Crippen MR) is 172 cm³/mol. The van der Waals surface area contributed by atoms with Crippen LogP contribution in [0, 0.1) is 0 Å². The number of carbonyl (C=O) groups excluding carboxylic acids is 3. The van der Waals surface area contributed by atoms with Gasteiger partial charge in [-0.25, -0.2) is 19.3 Å². The lowest BCUT2D eigenvalue weighted by atomic mass is 9.94. The highest BCUT2D eigenvalue weighted by atomic mass is 19.4. The van der Waals surface area contributed by atoms with E-state index in [-0.39, 0.29) is 29.0 Å². The van der Waals surface area contributed by atoms with Gasteiger partial charge in [0.15, 0.2) is 11.6 Å². The Morgan fingerprint density at radius 2 is 1.80 bits per heavy atom. The quantitative estimate of drug-likeness (QED) is 0.339. The number of methoxy groups -OCH3 is 1. The molecule has 0 radical (unpaired) electrons. The molecule has 1 saturated carbocycles. The second-order valence-electron chi connectivity index (χ2n) is 12.3. The van der Waals surface area contributed by atoms with E-state index >= 15 is 0 Å². The molecular weight excluding hydrogens is 647 g/mol.